The van der Waals surface area contributed by atoms with Crippen LogP contribution in [0.25, 0.3) is 0 Å². The van der Waals surface area contributed by atoms with Crippen molar-refractivity contribution in [1.29, 1.82) is 0 Å². The zero-order valence-corrected chi connectivity index (χ0v) is 6.55. The number of aromatic nitrogens is 1. The van der Waals surface area contributed by atoms with Crippen molar-refractivity contribution in [2.45, 2.75) is 0 Å². The van der Waals surface area contributed by atoms with E-state index in [0.29, 0.717) is 0 Å². The summed E-state index contributed by atoms with van der Waals surface area (Å²) in [7, 11) is 0. The van der Waals surface area contributed by atoms with Crippen LogP contribution in [-0.4, -0.2) is 16.1 Å². The lowest BCUT2D eigenvalue weighted by Crippen LogP contribution is -1.97. The number of hydrogen-bond donors (Lipinski definition) is 2. The second kappa shape index (κ2) is 2.38. The number of carboxylic acid groups (broad SMARTS) is 1. The molecule has 0 atom stereocenters. The molecular formula is C5H4INO2. The van der Waals surface area contributed by atoms with Crippen molar-refractivity contribution in [3.63, 3.8) is 0 Å². The second-order valence-corrected chi connectivity index (χ2v) is 2.67. The second-order valence-electron chi connectivity index (χ2n) is 1.51. The molecular weight excluding hydrogens is 233 g/mol. The SMILES string of the molecule is O=C(O)c1[nH]ccc1I. The Kier molecular flexibility index (Phi) is 1.75. The Morgan fingerprint density at radius 1 is 1.78 bits per heavy atom. The number of halogens is 1. The lowest BCUT2D eigenvalue weighted by molar-refractivity contribution is 0.0690. The standard InChI is InChI=1S/C5H4INO2/c6-3-1-2-7-4(3)5(8)9/h1-2,7H,(H,8,9). The Balaban J connectivity index is 3.08. The van der Waals surface area contributed by atoms with Crippen LogP contribution in [0.1, 0.15) is 10.5 Å². The van der Waals surface area contributed by atoms with Crippen molar-refractivity contribution >= 4 is 28.6 Å². The van der Waals surface area contributed by atoms with Gasteiger partial charge in [-0.2, -0.15) is 0 Å². The van der Waals surface area contributed by atoms with E-state index < -0.39 is 5.97 Å². The van der Waals surface area contributed by atoms with Crippen molar-refractivity contribution in [3.05, 3.63) is 21.5 Å². The van der Waals surface area contributed by atoms with Gasteiger partial charge in [0.2, 0.25) is 0 Å². The molecule has 48 valence electrons. The number of carboxylic acids is 1. The van der Waals surface area contributed by atoms with Crippen LogP contribution in [0, 0.1) is 3.57 Å². The number of aromatic carboxylic acids is 1. The molecule has 0 aromatic carbocycles. The molecule has 0 bridgehead atoms. The van der Waals surface area contributed by atoms with Gasteiger partial charge in [-0.15, -0.1) is 0 Å². The van der Waals surface area contributed by atoms with Gasteiger partial charge in [-0.25, -0.2) is 4.79 Å². The molecule has 0 aliphatic carbocycles. The highest BCUT2D eigenvalue weighted by molar-refractivity contribution is 14.1. The molecule has 9 heavy (non-hydrogen) atoms. The van der Waals surface area contributed by atoms with Gasteiger partial charge < -0.3 is 10.1 Å². The van der Waals surface area contributed by atoms with Crippen LogP contribution >= 0.6 is 22.6 Å². The quantitative estimate of drug-likeness (QED) is 0.723. The van der Waals surface area contributed by atoms with Gasteiger partial charge in [0, 0.05) is 9.77 Å². The summed E-state index contributed by atoms with van der Waals surface area (Å²) in [5.41, 5.74) is 0.260. The van der Waals surface area contributed by atoms with Gasteiger partial charge in [0.1, 0.15) is 5.69 Å². The Bertz CT molecular complexity index is 231. The Hall–Kier alpha value is -0.520. The Morgan fingerprint density at radius 2 is 2.44 bits per heavy atom. The number of aromatic amines is 1. The summed E-state index contributed by atoms with van der Waals surface area (Å²) in [6.45, 7) is 0. The Labute approximate surface area is 65.2 Å². The molecule has 0 fully saturated rings. The average molecular weight is 237 g/mol. The van der Waals surface area contributed by atoms with Crippen molar-refractivity contribution in [3.8, 4) is 0 Å². The third-order valence-electron chi connectivity index (χ3n) is 0.910. The van der Waals surface area contributed by atoms with E-state index in [1.165, 1.54) is 0 Å². The third-order valence-corrected chi connectivity index (χ3v) is 1.81. The summed E-state index contributed by atoms with van der Waals surface area (Å²) in [5.74, 6) is -0.913. The van der Waals surface area contributed by atoms with E-state index in [0.717, 1.165) is 3.57 Å². The highest BCUT2D eigenvalue weighted by atomic mass is 127. The summed E-state index contributed by atoms with van der Waals surface area (Å²) in [6.07, 6.45) is 1.60. The molecule has 1 rings (SSSR count). The van der Waals surface area contributed by atoms with Crippen LogP contribution in [0.4, 0.5) is 0 Å². The lowest BCUT2D eigenvalue weighted by atomic mass is 10.4. The predicted octanol–water partition coefficient (Wildman–Crippen LogP) is 1.32. The van der Waals surface area contributed by atoms with E-state index >= 15 is 0 Å². The molecule has 0 saturated carbocycles. The topological polar surface area (TPSA) is 53.1 Å². The fourth-order valence-electron chi connectivity index (χ4n) is 0.514. The van der Waals surface area contributed by atoms with E-state index in [2.05, 4.69) is 4.98 Å². The van der Waals surface area contributed by atoms with Crippen LogP contribution in [0.2, 0.25) is 0 Å². The molecule has 1 aromatic heterocycles. The fourth-order valence-corrected chi connectivity index (χ4v) is 1.08. The average Bonchev–Trinajstić information content (AvgIpc) is 2.13. The Morgan fingerprint density at radius 3 is 2.67 bits per heavy atom. The summed E-state index contributed by atoms with van der Waals surface area (Å²) in [6, 6.07) is 1.71. The highest BCUT2D eigenvalue weighted by Crippen LogP contribution is 2.08. The largest absolute Gasteiger partial charge is 0.477 e. The maximum absolute atomic E-state index is 10.2. The maximum atomic E-state index is 10.2. The number of nitrogens with one attached hydrogen (secondary N) is 1. The van der Waals surface area contributed by atoms with E-state index in [1.54, 1.807) is 12.3 Å². The van der Waals surface area contributed by atoms with E-state index in [9.17, 15) is 4.79 Å². The first-order valence-corrected chi connectivity index (χ1v) is 3.36. The summed E-state index contributed by atoms with van der Waals surface area (Å²) in [4.78, 5) is 12.8. The van der Waals surface area contributed by atoms with E-state index in [1.807, 2.05) is 22.6 Å². The number of rotatable bonds is 1. The normalized spacial score (nSPS) is 9.44. The number of hydrogen-bond acceptors (Lipinski definition) is 1. The monoisotopic (exact) mass is 237 g/mol. The molecule has 0 radical (unpaired) electrons. The van der Waals surface area contributed by atoms with Crippen LogP contribution in [0.3, 0.4) is 0 Å². The first-order valence-electron chi connectivity index (χ1n) is 2.28. The fraction of sp³-hybridized carbons (Fsp3) is 0. The van der Waals surface area contributed by atoms with Gasteiger partial charge in [0.25, 0.3) is 0 Å². The zero-order valence-electron chi connectivity index (χ0n) is 4.39. The summed E-state index contributed by atoms with van der Waals surface area (Å²) in [5, 5.41) is 8.42. The van der Waals surface area contributed by atoms with Crippen molar-refractivity contribution in [2.75, 3.05) is 0 Å². The smallest absolute Gasteiger partial charge is 0.353 e. The first-order chi connectivity index (χ1) is 4.22. The molecule has 3 nitrogen and oxygen atoms in total. The lowest BCUT2D eigenvalue weighted by Gasteiger charge is -1.86. The highest BCUT2D eigenvalue weighted by Gasteiger charge is 2.06. The van der Waals surface area contributed by atoms with Crippen molar-refractivity contribution in [2.24, 2.45) is 0 Å². The van der Waals surface area contributed by atoms with Gasteiger partial charge >= 0.3 is 5.97 Å². The van der Waals surface area contributed by atoms with Gasteiger partial charge in [-0.1, -0.05) is 0 Å². The third kappa shape index (κ3) is 1.24. The van der Waals surface area contributed by atoms with E-state index in [-0.39, 0.29) is 5.69 Å². The molecule has 1 aromatic rings. The molecule has 0 aliphatic rings. The van der Waals surface area contributed by atoms with Crippen LogP contribution in [0.15, 0.2) is 12.3 Å². The minimum atomic E-state index is -0.913. The van der Waals surface area contributed by atoms with Gasteiger partial charge in [0.05, 0.1) is 0 Å². The summed E-state index contributed by atoms with van der Waals surface area (Å²) >= 11 is 1.96. The van der Waals surface area contributed by atoms with Crippen LogP contribution < -0.4 is 0 Å². The molecule has 1 heterocycles. The van der Waals surface area contributed by atoms with Crippen molar-refractivity contribution < 1.29 is 9.90 Å². The van der Waals surface area contributed by atoms with Crippen LogP contribution in [-0.2, 0) is 0 Å². The number of carbonyl (C=O) groups is 1. The van der Waals surface area contributed by atoms with Crippen molar-refractivity contribution in [1.82, 2.24) is 4.98 Å². The number of H-pyrrole nitrogens is 1. The molecule has 0 saturated heterocycles. The minimum absolute atomic E-state index is 0.260. The van der Waals surface area contributed by atoms with Gasteiger partial charge in [-0.05, 0) is 28.7 Å². The molecule has 4 heteroatoms. The van der Waals surface area contributed by atoms with Gasteiger partial charge in [-0.3, -0.25) is 0 Å². The van der Waals surface area contributed by atoms with E-state index in [4.69, 9.17) is 5.11 Å². The zero-order chi connectivity index (χ0) is 6.85. The molecule has 2 N–H and O–H groups in total. The minimum Gasteiger partial charge on any atom is -0.477 e. The first kappa shape index (κ1) is 6.60. The van der Waals surface area contributed by atoms with Gasteiger partial charge in [0.15, 0.2) is 0 Å². The summed E-state index contributed by atoms with van der Waals surface area (Å²) < 4.78 is 0.736. The van der Waals surface area contributed by atoms with Crippen LogP contribution in [0.5, 0.6) is 0 Å². The predicted molar refractivity (Wildman–Crippen MR) is 40.5 cm³/mol. The molecule has 0 aliphatic heterocycles. The molecule has 0 amide bonds. The maximum Gasteiger partial charge on any atom is 0.353 e. The molecule has 0 spiro atoms. The molecule has 0 unspecified atom stereocenters.